The summed E-state index contributed by atoms with van der Waals surface area (Å²) in [6.45, 7) is -0.309. The van der Waals surface area contributed by atoms with Gasteiger partial charge in [-0.15, -0.1) is 0 Å². The number of methoxy groups -OCH3 is 1. The van der Waals surface area contributed by atoms with Crippen molar-refractivity contribution in [2.45, 2.75) is 43.3 Å². The highest BCUT2D eigenvalue weighted by molar-refractivity contribution is 6.31. The highest BCUT2D eigenvalue weighted by atomic mass is 35.5. The number of aliphatic hydroxyl groups excluding tert-OH is 1. The van der Waals surface area contributed by atoms with Gasteiger partial charge in [0.05, 0.1) is 17.7 Å². The predicted molar refractivity (Wildman–Crippen MR) is 103 cm³/mol. The van der Waals surface area contributed by atoms with Crippen molar-refractivity contribution < 1.29 is 27.8 Å². The summed E-state index contributed by atoms with van der Waals surface area (Å²) in [7, 11) is 1.35. The molecule has 158 valence electrons. The zero-order chi connectivity index (χ0) is 21.6. The maximum Gasteiger partial charge on any atom is 0.282 e. The predicted octanol–water partition coefficient (Wildman–Crippen LogP) is 5.16. The number of hydrogen-bond donors (Lipinski definition) is 1. The van der Waals surface area contributed by atoms with Crippen LogP contribution in [0.5, 0.6) is 0 Å². The number of halogens is 4. The molecule has 0 aromatic heterocycles. The molecular formula is C22H19ClF3NO3. The second-order valence-electron chi connectivity index (χ2n) is 7.63. The van der Waals surface area contributed by atoms with Gasteiger partial charge in [0.2, 0.25) is 0 Å². The molecule has 0 unspecified atom stereocenters. The first-order valence-electron chi connectivity index (χ1n) is 9.49. The van der Waals surface area contributed by atoms with Gasteiger partial charge >= 0.3 is 0 Å². The van der Waals surface area contributed by atoms with E-state index in [0.29, 0.717) is 35.1 Å². The number of nitriles is 1. The Kier molecular flexibility index (Phi) is 5.54. The van der Waals surface area contributed by atoms with E-state index >= 15 is 0 Å². The van der Waals surface area contributed by atoms with Crippen LogP contribution >= 0.6 is 11.6 Å². The first kappa shape index (κ1) is 21.1. The molecule has 0 radical (unpaired) electrons. The van der Waals surface area contributed by atoms with Gasteiger partial charge in [0.25, 0.3) is 5.92 Å². The number of hydrogen-bond acceptors (Lipinski definition) is 4. The zero-order valence-corrected chi connectivity index (χ0v) is 16.8. The third-order valence-corrected chi connectivity index (χ3v) is 6.19. The fourth-order valence-electron chi connectivity index (χ4n) is 4.67. The number of aliphatic hydroxyl groups is 1. The fourth-order valence-corrected chi connectivity index (χ4v) is 4.95. The first-order valence-corrected chi connectivity index (χ1v) is 9.87. The van der Waals surface area contributed by atoms with Crippen molar-refractivity contribution in [3.05, 3.63) is 68.5 Å². The average Bonchev–Trinajstić information content (AvgIpc) is 2.98. The second-order valence-corrected chi connectivity index (χ2v) is 8.04. The van der Waals surface area contributed by atoms with E-state index in [-0.39, 0.29) is 22.9 Å². The van der Waals surface area contributed by atoms with E-state index in [0.717, 1.165) is 6.07 Å². The number of nitrogens with zero attached hydrogens (tertiary/aromatic N) is 1. The fraction of sp³-hybridized carbons (Fsp3) is 0.409. The van der Waals surface area contributed by atoms with Crippen molar-refractivity contribution in [3.8, 4) is 6.07 Å². The van der Waals surface area contributed by atoms with Crippen LogP contribution in [0, 0.1) is 17.1 Å². The number of benzene rings is 2. The molecule has 0 aliphatic heterocycles. The molecule has 2 aromatic rings. The highest BCUT2D eigenvalue weighted by Crippen LogP contribution is 2.53. The Morgan fingerprint density at radius 2 is 2.00 bits per heavy atom. The Balaban J connectivity index is 1.89. The van der Waals surface area contributed by atoms with E-state index in [1.165, 1.54) is 13.2 Å². The molecule has 8 heteroatoms. The molecular weight excluding hydrogens is 419 g/mol. The summed E-state index contributed by atoms with van der Waals surface area (Å²) in [6.07, 6.45) is -2.28. The monoisotopic (exact) mass is 437 g/mol. The molecule has 0 amide bonds. The van der Waals surface area contributed by atoms with Gasteiger partial charge < -0.3 is 14.6 Å². The lowest BCUT2D eigenvalue weighted by Gasteiger charge is -2.31. The molecule has 4 nitrogen and oxygen atoms in total. The molecule has 0 saturated heterocycles. The van der Waals surface area contributed by atoms with Crippen LogP contribution in [-0.2, 0) is 15.9 Å². The third-order valence-electron chi connectivity index (χ3n) is 5.86. The molecule has 0 spiro atoms. The molecule has 2 aliphatic carbocycles. The van der Waals surface area contributed by atoms with Gasteiger partial charge in [-0.05, 0) is 53.3 Å². The summed E-state index contributed by atoms with van der Waals surface area (Å²) in [6, 6.07) is 7.52. The SMILES string of the molecule is COCO[C@H]1c2c(Cl)ccc([C@H]3CC[C@@H](O)c4cc(F)cc(C#N)c43)c2CC1(F)F. The lowest BCUT2D eigenvalue weighted by atomic mass is 9.74. The quantitative estimate of drug-likeness (QED) is 0.671. The third kappa shape index (κ3) is 3.38. The molecule has 0 heterocycles. The Morgan fingerprint density at radius 1 is 1.23 bits per heavy atom. The highest BCUT2D eigenvalue weighted by Gasteiger charge is 2.51. The number of ether oxygens (including phenoxy) is 2. The van der Waals surface area contributed by atoms with Crippen molar-refractivity contribution >= 4 is 11.6 Å². The van der Waals surface area contributed by atoms with Crippen molar-refractivity contribution in [2.75, 3.05) is 13.9 Å². The van der Waals surface area contributed by atoms with Gasteiger partial charge in [0, 0.05) is 30.0 Å². The molecule has 30 heavy (non-hydrogen) atoms. The standard InChI is InChI=1S/C22H19ClF3NO3/c1-29-10-30-21-20-16(8-22(21,25)26)13(2-4-17(20)23)14-3-5-18(28)15-7-12(24)6-11(9-27)19(14)15/h2,4,6-7,14,18,21,28H,3,5,8,10H2,1H3/t14-,18-,21+/m1/s1. The second kappa shape index (κ2) is 7.86. The van der Waals surface area contributed by atoms with Crippen molar-refractivity contribution in [1.82, 2.24) is 0 Å². The molecule has 2 aliphatic rings. The summed E-state index contributed by atoms with van der Waals surface area (Å²) in [5, 5.41) is 20.1. The van der Waals surface area contributed by atoms with Crippen LogP contribution in [0.15, 0.2) is 24.3 Å². The Labute approximate surface area is 176 Å². The minimum absolute atomic E-state index is 0.0920. The largest absolute Gasteiger partial charge is 0.388 e. The van der Waals surface area contributed by atoms with Gasteiger partial charge in [-0.25, -0.2) is 13.2 Å². The van der Waals surface area contributed by atoms with Crippen molar-refractivity contribution in [2.24, 2.45) is 0 Å². The van der Waals surface area contributed by atoms with E-state index in [4.69, 9.17) is 21.1 Å². The van der Waals surface area contributed by atoms with Crippen molar-refractivity contribution in [3.63, 3.8) is 0 Å². The maximum absolute atomic E-state index is 14.8. The summed E-state index contributed by atoms with van der Waals surface area (Å²) < 4.78 is 53.7. The van der Waals surface area contributed by atoms with Gasteiger partial charge in [0.15, 0.2) is 6.10 Å². The summed E-state index contributed by atoms with van der Waals surface area (Å²) in [5.74, 6) is -4.24. The molecule has 3 atom stereocenters. The summed E-state index contributed by atoms with van der Waals surface area (Å²) in [5.41, 5.74) is 2.07. The summed E-state index contributed by atoms with van der Waals surface area (Å²) >= 11 is 6.29. The van der Waals surface area contributed by atoms with E-state index in [1.807, 2.05) is 6.07 Å². The smallest absolute Gasteiger partial charge is 0.282 e. The average molecular weight is 438 g/mol. The van der Waals surface area contributed by atoms with Gasteiger partial charge in [-0.1, -0.05) is 17.7 Å². The van der Waals surface area contributed by atoms with E-state index in [1.54, 1.807) is 12.1 Å². The minimum atomic E-state index is -3.18. The number of rotatable bonds is 4. The van der Waals surface area contributed by atoms with E-state index in [9.17, 15) is 23.5 Å². The normalized spacial score (nSPS) is 24.2. The molecule has 0 fully saturated rings. The van der Waals surface area contributed by atoms with E-state index in [2.05, 4.69) is 0 Å². The van der Waals surface area contributed by atoms with Gasteiger partial charge in [-0.3, -0.25) is 0 Å². The van der Waals surface area contributed by atoms with Crippen LogP contribution in [0.3, 0.4) is 0 Å². The van der Waals surface area contributed by atoms with Crippen LogP contribution < -0.4 is 0 Å². The van der Waals surface area contributed by atoms with Crippen LogP contribution in [0.2, 0.25) is 5.02 Å². The van der Waals surface area contributed by atoms with Crippen LogP contribution in [-0.4, -0.2) is 24.9 Å². The number of alkyl halides is 2. The van der Waals surface area contributed by atoms with Crippen LogP contribution in [0.25, 0.3) is 0 Å². The molecule has 0 saturated carbocycles. The Bertz CT molecular complexity index is 1040. The molecule has 2 aromatic carbocycles. The van der Waals surface area contributed by atoms with Crippen molar-refractivity contribution in [1.29, 1.82) is 5.26 Å². The van der Waals surface area contributed by atoms with Gasteiger partial charge in [0.1, 0.15) is 12.6 Å². The van der Waals surface area contributed by atoms with Crippen LogP contribution in [0.1, 0.15) is 64.3 Å². The van der Waals surface area contributed by atoms with Gasteiger partial charge in [-0.2, -0.15) is 5.26 Å². The van der Waals surface area contributed by atoms with Crippen LogP contribution in [0.4, 0.5) is 13.2 Å². The maximum atomic E-state index is 14.8. The van der Waals surface area contributed by atoms with E-state index < -0.39 is 36.3 Å². The Morgan fingerprint density at radius 3 is 2.70 bits per heavy atom. The zero-order valence-electron chi connectivity index (χ0n) is 16.1. The Hall–Kier alpha value is -2.11. The lowest BCUT2D eigenvalue weighted by molar-refractivity contribution is -0.169. The summed E-state index contributed by atoms with van der Waals surface area (Å²) in [4.78, 5) is 0. The first-order chi connectivity index (χ1) is 14.3. The minimum Gasteiger partial charge on any atom is -0.388 e. The topological polar surface area (TPSA) is 62.5 Å². The molecule has 1 N–H and O–H groups in total. The molecule has 4 rings (SSSR count). The lowest BCUT2D eigenvalue weighted by Crippen LogP contribution is -2.25. The number of fused-ring (bicyclic) bond motifs is 2. The molecule has 0 bridgehead atoms.